The Balaban J connectivity index is 1.56. The largest absolute Gasteiger partial charge is 0.487 e. The van der Waals surface area contributed by atoms with Crippen LogP contribution >= 0.6 is 0 Å². The number of hydrogen-bond donors (Lipinski definition) is 1. The van der Waals surface area contributed by atoms with Gasteiger partial charge in [0.25, 0.3) is 0 Å². The van der Waals surface area contributed by atoms with E-state index in [-0.39, 0.29) is 0 Å². The van der Waals surface area contributed by atoms with Crippen LogP contribution in [0, 0.1) is 0 Å². The van der Waals surface area contributed by atoms with Gasteiger partial charge in [-0.15, -0.1) is 0 Å². The molecule has 0 atom stereocenters. The number of anilines is 1. The molecule has 0 heterocycles. The Morgan fingerprint density at radius 2 is 1.50 bits per heavy atom. The van der Waals surface area contributed by atoms with Crippen LogP contribution in [0.25, 0.3) is 0 Å². The summed E-state index contributed by atoms with van der Waals surface area (Å²) in [6.45, 7) is 1.12. The van der Waals surface area contributed by atoms with Crippen molar-refractivity contribution in [1.29, 1.82) is 0 Å². The van der Waals surface area contributed by atoms with E-state index < -0.39 is 0 Å². The first kappa shape index (κ1) is 17.5. The zero-order chi connectivity index (χ0) is 18.0. The molecule has 4 heteroatoms. The Bertz CT molecular complexity index is 816. The fourth-order valence-corrected chi connectivity index (χ4v) is 2.52. The van der Waals surface area contributed by atoms with Crippen LogP contribution < -0.4 is 10.1 Å². The summed E-state index contributed by atoms with van der Waals surface area (Å²) in [6.07, 6.45) is 0. The molecule has 0 saturated carbocycles. The van der Waals surface area contributed by atoms with Gasteiger partial charge in [0.05, 0.1) is 0 Å². The van der Waals surface area contributed by atoms with Crippen LogP contribution in [-0.4, -0.2) is 19.4 Å². The van der Waals surface area contributed by atoms with Gasteiger partial charge in [-0.3, -0.25) is 0 Å². The molecule has 0 saturated heterocycles. The summed E-state index contributed by atoms with van der Waals surface area (Å²) in [6, 6.07) is 28.1. The molecule has 0 aliphatic carbocycles. The molecule has 26 heavy (non-hydrogen) atoms. The Labute approximate surface area is 154 Å². The normalized spacial score (nSPS) is 11.0. The Kier molecular flexibility index (Phi) is 6.26. The molecule has 0 bridgehead atoms. The number of nitrogens with one attached hydrogen (secondary N) is 1. The molecule has 132 valence electrons. The minimum atomic E-state index is 0.347. The molecule has 4 nitrogen and oxygen atoms in total. The average molecular weight is 346 g/mol. The van der Waals surface area contributed by atoms with E-state index in [1.807, 2.05) is 60.7 Å². The van der Waals surface area contributed by atoms with Crippen molar-refractivity contribution in [1.82, 2.24) is 0 Å². The molecule has 0 unspecified atom stereocenters. The van der Waals surface area contributed by atoms with E-state index in [1.54, 1.807) is 0 Å². The highest BCUT2D eigenvalue weighted by molar-refractivity contribution is 6.01. The first-order valence-electron chi connectivity index (χ1n) is 8.51. The van der Waals surface area contributed by atoms with E-state index in [9.17, 15) is 0 Å². The molecule has 3 rings (SSSR count). The molecular formula is C22H22N2O2. The van der Waals surface area contributed by atoms with Gasteiger partial charge in [-0.2, -0.15) is 0 Å². The van der Waals surface area contributed by atoms with E-state index in [0.29, 0.717) is 6.61 Å². The van der Waals surface area contributed by atoms with E-state index in [0.717, 1.165) is 29.3 Å². The highest BCUT2D eigenvalue weighted by Crippen LogP contribution is 2.15. The zero-order valence-corrected chi connectivity index (χ0v) is 14.8. The fraction of sp³-hybridized carbons (Fsp3) is 0.136. The van der Waals surface area contributed by atoms with E-state index in [1.165, 1.54) is 12.7 Å². The van der Waals surface area contributed by atoms with Gasteiger partial charge in [-0.05, 0) is 29.8 Å². The van der Waals surface area contributed by atoms with Crippen molar-refractivity contribution < 1.29 is 9.57 Å². The van der Waals surface area contributed by atoms with Gasteiger partial charge in [-0.25, -0.2) is 0 Å². The number of nitrogens with zero attached hydrogens (tertiary/aromatic N) is 1. The van der Waals surface area contributed by atoms with Gasteiger partial charge in [0.2, 0.25) is 0 Å². The summed E-state index contributed by atoms with van der Waals surface area (Å²) >= 11 is 0. The summed E-state index contributed by atoms with van der Waals surface area (Å²) < 4.78 is 5.86. The second-order valence-corrected chi connectivity index (χ2v) is 5.74. The van der Waals surface area contributed by atoms with E-state index >= 15 is 0 Å². The van der Waals surface area contributed by atoms with Gasteiger partial charge < -0.3 is 14.9 Å². The van der Waals surface area contributed by atoms with Crippen LogP contribution in [0.5, 0.6) is 5.75 Å². The predicted octanol–water partition coefficient (Wildman–Crippen LogP) is 4.73. The molecular weight excluding hydrogens is 324 g/mol. The van der Waals surface area contributed by atoms with Crippen LogP contribution in [0.15, 0.2) is 90.1 Å². The number of rotatable bonds is 8. The van der Waals surface area contributed by atoms with Crippen molar-refractivity contribution in [3.05, 3.63) is 96.1 Å². The van der Waals surface area contributed by atoms with Gasteiger partial charge in [0.1, 0.15) is 25.2 Å². The number of oxime groups is 1. The third-order valence-corrected chi connectivity index (χ3v) is 3.88. The lowest BCUT2D eigenvalue weighted by atomic mass is 10.1. The van der Waals surface area contributed by atoms with Crippen LogP contribution in [0.4, 0.5) is 5.69 Å². The minimum absolute atomic E-state index is 0.347. The van der Waals surface area contributed by atoms with Gasteiger partial charge >= 0.3 is 0 Å². The highest BCUT2D eigenvalue weighted by atomic mass is 16.6. The maximum Gasteiger partial charge on any atom is 0.134 e. The first-order chi connectivity index (χ1) is 12.8. The lowest BCUT2D eigenvalue weighted by Crippen LogP contribution is -2.13. The van der Waals surface area contributed by atoms with Gasteiger partial charge in [-0.1, -0.05) is 65.8 Å². The summed E-state index contributed by atoms with van der Waals surface area (Å²) in [4.78, 5) is 4.94. The highest BCUT2D eigenvalue weighted by Gasteiger charge is 2.06. The van der Waals surface area contributed by atoms with Crippen LogP contribution in [0.2, 0.25) is 0 Å². The fourth-order valence-electron chi connectivity index (χ4n) is 2.52. The third-order valence-electron chi connectivity index (χ3n) is 3.88. The average Bonchev–Trinajstić information content (AvgIpc) is 2.72. The van der Waals surface area contributed by atoms with Crippen molar-refractivity contribution in [2.24, 2.45) is 5.16 Å². The van der Waals surface area contributed by atoms with E-state index in [4.69, 9.17) is 9.57 Å². The minimum Gasteiger partial charge on any atom is -0.487 e. The topological polar surface area (TPSA) is 42.9 Å². The molecule has 0 radical (unpaired) electrons. The molecule has 0 aliphatic heterocycles. The quantitative estimate of drug-likeness (QED) is 0.474. The van der Waals surface area contributed by atoms with Crippen molar-refractivity contribution in [3.63, 3.8) is 0 Å². The number of hydrogen-bond acceptors (Lipinski definition) is 4. The Morgan fingerprint density at radius 3 is 2.15 bits per heavy atom. The zero-order valence-electron chi connectivity index (χ0n) is 14.8. The summed E-state index contributed by atoms with van der Waals surface area (Å²) in [7, 11) is 1.54. The van der Waals surface area contributed by atoms with Crippen molar-refractivity contribution in [3.8, 4) is 5.75 Å². The van der Waals surface area contributed by atoms with Crippen molar-refractivity contribution in [2.45, 2.75) is 6.54 Å². The molecule has 3 aromatic carbocycles. The molecule has 3 aromatic rings. The number of benzene rings is 3. The van der Waals surface area contributed by atoms with Crippen LogP contribution in [-0.2, 0) is 11.4 Å². The maximum absolute atomic E-state index is 5.86. The maximum atomic E-state index is 5.86. The van der Waals surface area contributed by atoms with Crippen molar-refractivity contribution >= 4 is 11.4 Å². The molecule has 0 aromatic heterocycles. The Morgan fingerprint density at radius 1 is 0.846 bits per heavy atom. The second-order valence-electron chi connectivity index (χ2n) is 5.74. The molecule has 0 fully saturated rings. The Hall–Kier alpha value is -3.27. The monoisotopic (exact) mass is 346 g/mol. The summed E-state index contributed by atoms with van der Waals surface area (Å²) in [5, 5.41) is 7.46. The predicted molar refractivity (Wildman–Crippen MR) is 106 cm³/mol. The second kappa shape index (κ2) is 9.28. The van der Waals surface area contributed by atoms with Crippen LogP contribution in [0.1, 0.15) is 11.1 Å². The number of ether oxygens (including phenoxy) is 1. The number of para-hydroxylation sites is 1. The van der Waals surface area contributed by atoms with E-state index in [2.05, 4.69) is 34.7 Å². The lowest BCUT2D eigenvalue weighted by molar-refractivity contribution is 0.210. The summed E-state index contributed by atoms with van der Waals surface area (Å²) in [5.74, 6) is 0.799. The van der Waals surface area contributed by atoms with Crippen LogP contribution in [0.3, 0.4) is 0 Å². The van der Waals surface area contributed by atoms with Gasteiger partial charge in [0.15, 0.2) is 0 Å². The first-order valence-corrected chi connectivity index (χ1v) is 8.51. The summed E-state index contributed by atoms with van der Waals surface area (Å²) in [5.41, 5.74) is 4.03. The standard InChI is InChI=1S/C22H22N2O2/c1-25-24-22(19-8-4-2-5-9-19)17-26-21-14-12-18(13-15-21)16-23-20-10-6-3-7-11-20/h2-15,23H,16-17H2,1H3/b24-22+. The van der Waals surface area contributed by atoms with Gasteiger partial charge in [0, 0.05) is 17.8 Å². The smallest absolute Gasteiger partial charge is 0.134 e. The molecule has 0 amide bonds. The third kappa shape index (κ3) is 5.11. The molecule has 0 aliphatic rings. The molecule has 0 spiro atoms. The lowest BCUT2D eigenvalue weighted by Gasteiger charge is -2.10. The van der Waals surface area contributed by atoms with Crippen molar-refractivity contribution in [2.75, 3.05) is 19.0 Å². The molecule has 1 N–H and O–H groups in total. The SMILES string of the molecule is CO/N=C(\COc1ccc(CNc2ccccc2)cc1)c1ccccc1.